The lowest BCUT2D eigenvalue weighted by atomic mass is 10.1. The fourth-order valence-electron chi connectivity index (χ4n) is 2.10. The van der Waals surface area contributed by atoms with E-state index in [2.05, 4.69) is 30.4 Å². The number of ether oxygens (including phenoxy) is 1. The monoisotopic (exact) mass is 230 g/mol. The molecule has 90 valence electrons. The predicted molar refractivity (Wildman–Crippen MR) is 68.2 cm³/mol. The molecule has 1 saturated carbocycles. The first kappa shape index (κ1) is 11.8. The third-order valence-electron chi connectivity index (χ3n) is 3.33. The molecule has 0 spiro atoms. The molecule has 1 N–H and O–H groups in total. The second-order valence-electron chi connectivity index (χ2n) is 4.91. The van der Waals surface area contributed by atoms with Crippen LogP contribution in [-0.2, 0) is 0 Å². The molecule has 0 saturated heterocycles. The normalized spacial score (nSPS) is 16.1. The highest BCUT2D eigenvalue weighted by Crippen LogP contribution is 2.45. The number of aryl methyl sites for hydroxylation is 2. The summed E-state index contributed by atoms with van der Waals surface area (Å²) in [6, 6.07) is 6.55. The van der Waals surface area contributed by atoms with E-state index in [1.807, 2.05) is 6.92 Å². The molecule has 0 heterocycles. The molecule has 0 amide bonds. The number of anilines is 1. The van der Waals surface area contributed by atoms with Gasteiger partial charge in [-0.2, -0.15) is 5.26 Å². The van der Waals surface area contributed by atoms with Crippen LogP contribution in [0.1, 0.15) is 24.0 Å². The molecule has 0 bridgehead atoms. The average molecular weight is 230 g/mol. The maximum Gasteiger partial charge on any atom is 0.144 e. The average Bonchev–Trinajstić information content (AvgIpc) is 3.06. The van der Waals surface area contributed by atoms with Crippen LogP contribution in [0.3, 0.4) is 0 Å². The zero-order valence-electron chi connectivity index (χ0n) is 10.6. The van der Waals surface area contributed by atoms with Crippen LogP contribution < -0.4 is 10.1 Å². The van der Waals surface area contributed by atoms with Gasteiger partial charge in [-0.05, 0) is 43.9 Å². The molecule has 2 rings (SSSR count). The van der Waals surface area contributed by atoms with Crippen molar-refractivity contribution in [1.29, 1.82) is 5.26 Å². The minimum atomic E-state index is -0.136. The molecule has 1 aliphatic rings. The molecule has 1 aromatic carbocycles. The van der Waals surface area contributed by atoms with E-state index >= 15 is 0 Å². The molecule has 3 nitrogen and oxygen atoms in total. The van der Waals surface area contributed by atoms with E-state index in [1.54, 1.807) is 7.11 Å². The Balaban J connectivity index is 2.17. The fourth-order valence-corrected chi connectivity index (χ4v) is 2.10. The second-order valence-corrected chi connectivity index (χ2v) is 4.91. The lowest BCUT2D eigenvalue weighted by Crippen LogP contribution is -2.14. The van der Waals surface area contributed by atoms with E-state index in [1.165, 1.54) is 5.56 Å². The van der Waals surface area contributed by atoms with Crippen LogP contribution in [0.5, 0.6) is 5.75 Å². The van der Waals surface area contributed by atoms with E-state index in [9.17, 15) is 0 Å². The van der Waals surface area contributed by atoms with Gasteiger partial charge in [-0.3, -0.25) is 0 Å². The summed E-state index contributed by atoms with van der Waals surface area (Å²) in [6.07, 6.45) is 2.01. The Hall–Kier alpha value is -1.69. The lowest BCUT2D eigenvalue weighted by Gasteiger charge is -2.16. The van der Waals surface area contributed by atoms with Crippen LogP contribution in [0.4, 0.5) is 5.69 Å². The molecule has 0 radical (unpaired) electrons. The van der Waals surface area contributed by atoms with Crippen LogP contribution >= 0.6 is 0 Å². The van der Waals surface area contributed by atoms with Crippen molar-refractivity contribution in [2.75, 3.05) is 19.0 Å². The summed E-state index contributed by atoms with van der Waals surface area (Å²) in [5, 5.41) is 12.4. The summed E-state index contributed by atoms with van der Waals surface area (Å²) in [4.78, 5) is 0. The van der Waals surface area contributed by atoms with Crippen LogP contribution in [-0.4, -0.2) is 13.7 Å². The number of nitrogens with one attached hydrogen (secondary N) is 1. The fraction of sp³-hybridized carbons (Fsp3) is 0.500. The van der Waals surface area contributed by atoms with E-state index in [0.717, 1.165) is 29.8 Å². The third kappa shape index (κ3) is 2.36. The van der Waals surface area contributed by atoms with Gasteiger partial charge in [0.2, 0.25) is 0 Å². The number of nitriles is 1. The molecule has 0 aliphatic heterocycles. The molecule has 1 aliphatic carbocycles. The van der Waals surface area contributed by atoms with Gasteiger partial charge in [0, 0.05) is 6.54 Å². The standard InChI is InChI=1S/C14H18N2O/c1-10-6-11(2)13(17-3)12(7-10)16-9-14(8-15)4-5-14/h6-7,16H,4-5,9H2,1-3H3. The molecular weight excluding hydrogens is 212 g/mol. The highest BCUT2D eigenvalue weighted by Gasteiger charge is 2.42. The molecule has 17 heavy (non-hydrogen) atoms. The summed E-state index contributed by atoms with van der Waals surface area (Å²) in [5.41, 5.74) is 3.18. The van der Waals surface area contributed by atoms with Gasteiger partial charge in [0.05, 0.1) is 24.3 Å². The van der Waals surface area contributed by atoms with Gasteiger partial charge >= 0.3 is 0 Å². The van der Waals surface area contributed by atoms with Crippen LogP contribution in [0, 0.1) is 30.6 Å². The van der Waals surface area contributed by atoms with Gasteiger partial charge in [-0.15, -0.1) is 0 Å². The Morgan fingerprint density at radius 2 is 2.12 bits per heavy atom. The predicted octanol–water partition coefficient (Wildman–Crippen LogP) is 3.03. The second kappa shape index (κ2) is 4.29. The molecule has 3 heteroatoms. The van der Waals surface area contributed by atoms with Crippen molar-refractivity contribution >= 4 is 5.69 Å². The van der Waals surface area contributed by atoms with Crippen molar-refractivity contribution in [2.45, 2.75) is 26.7 Å². The zero-order chi connectivity index (χ0) is 12.5. The largest absolute Gasteiger partial charge is 0.494 e. The van der Waals surface area contributed by atoms with E-state index in [-0.39, 0.29) is 5.41 Å². The van der Waals surface area contributed by atoms with Gasteiger partial charge < -0.3 is 10.1 Å². The summed E-state index contributed by atoms with van der Waals surface area (Å²) < 4.78 is 5.40. The summed E-state index contributed by atoms with van der Waals surface area (Å²) in [7, 11) is 1.68. The third-order valence-corrected chi connectivity index (χ3v) is 3.33. The maximum atomic E-state index is 9.05. The number of methoxy groups -OCH3 is 1. The first-order valence-corrected chi connectivity index (χ1v) is 5.90. The minimum absolute atomic E-state index is 0.136. The maximum absolute atomic E-state index is 9.05. The number of benzene rings is 1. The van der Waals surface area contributed by atoms with Crippen molar-refractivity contribution in [1.82, 2.24) is 0 Å². The van der Waals surface area contributed by atoms with E-state index < -0.39 is 0 Å². The van der Waals surface area contributed by atoms with Crippen LogP contribution in [0.15, 0.2) is 12.1 Å². The van der Waals surface area contributed by atoms with Crippen LogP contribution in [0.25, 0.3) is 0 Å². The SMILES string of the molecule is COc1c(C)cc(C)cc1NCC1(C#N)CC1. The number of hydrogen-bond acceptors (Lipinski definition) is 3. The highest BCUT2D eigenvalue weighted by atomic mass is 16.5. The number of hydrogen-bond donors (Lipinski definition) is 1. The smallest absolute Gasteiger partial charge is 0.144 e. The van der Waals surface area contributed by atoms with Gasteiger partial charge in [-0.1, -0.05) is 6.07 Å². The van der Waals surface area contributed by atoms with Crippen molar-refractivity contribution in [3.8, 4) is 11.8 Å². The van der Waals surface area contributed by atoms with Gasteiger partial charge in [0.25, 0.3) is 0 Å². The van der Waals surface area contributed by atoms with E-state index in [4.69, 9.17) is 10.00 Å². The summed E-state index contributed by atoms with van der Waals surface area (Å²) in [6.45, 7) is 4.81. The molecular formula is C14H18N2O. The molecule has 1 fully saturated rings. The molecule has 0 aromatic heterocycles. The number of rotatable bonds is 4. The highest BCUT2D eigenvalue weighted by molar-refractivity contribution is 5.62. The number of nitrogens with zero attached hydrogens (tertiary/aromatic N) is 1. The van der Waals surface area contributed by atoms with Gasteiger partial charge in [-0.25, -0.2) is 0 Å². The van der Waals surface area contributed by atoms with Crippen molar-refractivity contribution in [2.24, 2.45) is 5.41 Å². The lowest BCUT2D eigenvalue weighted by molar-refractivity contribution is 0.413. The summed E-state index contributed by atoms with van der Waals surface area (Å²) >= 11 is 0. The Morgan fingerprint density at radius 1 is 1.41 bits per heavy atom. The zero-order valence-corrected chi connectivity index (χ0v) is 10.6. The Kier molecular flexibility index (Phi) is 2.97. The van der Waals surface area contributed by atoms with Crippen LogP contribution in [0.2, 0.25) is 0 Å². The first-order valence-electron chi connectivity index (χ1n) is 5.90. The van der Waals surface area contributed by atoms with Crippen molar-refractivity contribution in [3.63, 3.8) is 0 Å². The molecule has 0 unspecified atom stereocenters. The quantitative estimate of drug-likeness (QED) is 0.864. The van der Waals surface area contributed by atoms with Crippen molar-refractivity contribution < 1.29 is 4.74 Å². The Morgan fingerprint density at radius 3 is 2.65 bits per heavy atom. The summed E-state index contributed by atoms with van der Waals surface area (Å²) in [5.74, 6) is 0.879. The van der Waals surface area contributed by atoms with E-state index in [0.29, 0.717) is 6.54 Å². The first-order chi connectivity index (χ1) is 8.10. The topological polar surface area (TPSA) is 45.0 Å². The minimum Gasteiger partial charge on any atom is -0.494 e. The van der Waals surface area contributed by atoms with Gasteiger partial charge in [0.1, 0.15) is 5.75 Å². The Labute approximate surface area is 102 Å². The molecule has 0 atom stereocenters. The van der Waals surface area contributed by atoms with Gasteiger partial charge in [0.15, 0.2) is 0 Å². The molecule has 1 aromatic rings. The van der Waals surface area contributed by atoms with Crippen molar-refractivity contribution in [3.05, 3.63) is 23.3 Å². The Bertz CT molecular complexity index is 470.